The van der Waals surface area contributed by atoms with Crippen LogP contribution >= 0.6 is 11.3 Å². The van der Waals surface area contributed by atoms with E-state index in [-0.39, 0.29) is 5.91 Å². The van der Waals surface area contributed by atoms with Crippen molar-refractivity contribution in [3.05, 3.63) is 53.0 Å². The summed E-state index contributed by atoms with van der Waals surface area (Å²) in [5.41, 5.74) is 1.91. The molecule has 1 aromatic heterocycles. The highest BCUT2D eigenvalue weighted by Crippen LogP contribution is 2.14. The second-order valence-electron chi connectivity index (χ2n) is 3.53. The summed E-state index contributed by atoms with van der Waals surface area (Å²) in [4.78, 5) is 15.7. The summed E-state index contributed by atoms with van der Waals surface area (Å²) in [6.45, 7) is 1.89. The molecular weight excluding hydrogens is 232 g/mol. The van der Waals surface area contributed by atoms with E-state index in [0.717, 1.165) is 11.3 Å². The molecule has 1 aromatic carbocycles. The second kappa shape index (κ2) is 5.41. The molecule has 2 rings (SSSR count). The Hall–Kier alpha value is -1.94. The number of anilines is 1. The fraction of sp³-hybridized carbons (Fsp3) is 0.0769. The van der Waals surface area contributed by atoms with Gasteiger partial charge in [-0.25, -0.2) is 4.98 Å². The molecule has 0 aliphatic rings. The first kappa shape index (κ1) is 11.5. The lowest BCUT2D eigenvalue weighted by Gasteiger charge is -1.95. The molecule has 3 nitrogen and oxygen atoms in total. The van der Waals surface area contributed by atoms with Crippen LogP contribution in [0.5, 0.6) is 0 Å². The highest BCUT2D eigenvalue weighted by molar-refractivity contribution is 7.13. The van der Waals surface area contributed by atoms with Gasteiger partial charge in [-0.05, 0) is 18.6 Å². The average molecular weight is 244 g/mol. The van der Waals surface area contributed by atoms with E-state index in [4.69, 9.17) is 0 Å². The van der Waals surface area contributed by atoms with Crippen molar-refractivity contribution in [1.29, 1.82) is 0 Å². The van der Waals surface area contributed by atoms with Crippen molar-refractivity contribution in [1.82, 2.24) is 4.98 Å². The van der Waals surface area contributed by atoms with Gasteiger partial charge in [-0.3, -0.25) is 10.1 Å². The van der Waals surface area contributed by atoms with Crippen LogP contribution in [0.1, 0.15) is 11.3 Å². The van der Waals surface area contributed by atoms with Crippen LogP contribution in [0.2, 0.25) is 0 Å². The number of carbonyl (C=O) groups excluding carboxylic acids is 1. The lowest BCUT2D eigenvalue weighted by molar-refractivity contribution is -0.111. The number of benzene rings is 1. The molecule has 0 fully saturated rings. The van der Waals surface area contributed by atoms with Gasteiger partial charge in [0.05, 0.1) is 5.69 Å². The summed E-state index contributed by atoms with van der Waals surface area (Å²) in [5.74, 6) is -0.164. The third-order valence-corrected chi connectivity index (χ3v) is 2.95. The highest BCUT2D eigenvalue weighted by Gasteiger charge is 2.01. The Balaban J connectivity index is 1.96. The number of aryl methyl sites for hydroxylation is 1. The molecule has 2 aromatic rings. The van der Waals surface area contributed by atoms with Gasteiger partial charge >= 0.3 is 0 Å². The minimum absolute atomic E-state index is 0.164. The SMILES string of the molecule is Cc1csc(NC(=O)/C=C/c2ccccc2)n1. The average Bonchev–Trinajstić information content (AvgIpc) is 2.73. The Morgan fingerprint density at radius 3 is 2.76 bits per heavy atom. The van der Waals surface area contributed by atoms with Gasteiger partial charge in [0, 0.05) is 11.5 Å². The Kier molecular flexibility index (Phi) is 3.67. The first-order chi connectivity index (χ1) is 8.24. The number of aromatic nitrogens is 1. The molecule has 86 valence electrons. The number of hydrogen-bond acceptors (Lipinski definition) is 3. The van der Waals surface area contributed by atoms with Crippen molar-refractivity contribution in [2.45, 2.75) is 6.92 Å². The molecule has 0 aliphatic carbocycles. The summed E-state index contributed by atoms with van der Waals surface area (Å²) in [6, 6.07) is 9.69. The molecule has 0 aliphatic heterocycles. The highest BCUT2D eigenvalue weighted by atomic mass is 32.1. The predicted octanol–water partition coefficient (Wildman–Crippen LogP) is 3.10. The van der Waals surface area contributed by atoms with Crippen molar-refractivity contribution >= 4 is 28.5 Å². The van der Waals surface area contributed by atoms with E-state index >= 15 is 0 Å². The third kappa shape index (κ3) is 3.53. The Labute approximate surface area is 104 Å². The number of carbonyl (C=O) groups is 1. The van der Waals surface area contributed by atoms with Gasteiger partial charge in [-0.2, -0.15) is 0 Å². The standard InChI is InChI=1S/C13H12N2OS/c1-10-9-17-13(14-10)15-12(16)8-7-11-5-3-2-4-6-11/h2-9H,1H3,(H,14,15,16)/b8-7+. The Morgan fingerprint density at radius 2 is 2.12 bits per heavy atom. The molecule has 1 N–H and O–H groups in total. The first-order valence-electron chi connectivity index (χ1n) is 5.20. The summed E-state index contributed by atoms with van der Waals surface area (Å²) in [5, 5.41) is 5.24. The van der Waals surface area contributed by atoms with Crippen LogP contribution in [0.15, 0.2) is 41.8 Å². The maximum absolute atomic E-state index is 11.6. The third-order valence-electron chi connectivity index (χ3n) is 2.08. The molecule has 0 unspecified atom stereocenters. The fourth-order valence-corrected chi connectivity index (χ4v) is 1.99. The fourth-order valence-electron chi connectivity index (χ4n) is 1.29. The number of thiazole rings is 1. The minimum Gasteiger partial charge on any atom is -0.298 e. The van der Waals surface area contributed by atoms with Gasteiger partial charge in [0.2, 0.25) is 5.91 Å². The second-order valence-corrected chi connectivity index (χ2v) is 4.39. The van der Waals surface area contributed by atoms with Crippen LogP contribution < -0.4 is 5.32 Å². The van der Waals surface area contributed by atoms with E-state index in [1.165, 1.54) is 17.4 Å². The zero-order chi connectivity index (χ0) is 12.1. The Bertz CT molecular complexity index is 531. The molecular formula is C13H12N2OS. The normalized spacial score (nSPS) is 10.6. The van der Waals surface area contributed by atoms with Gasteiger partial charge in [-0.15, -0.1) is 11.3 Å². The van der Waals surface area contributed by atoms with E-state index < -0.39 is 0 Å². The number of rotatable bonds is 3. The maximum atomic E-state index is 11.6. The summed E-state index contributed by atoms with van der Waals surface area (Å²) >= 11 is 1.42. The van der Waals surface area contributed by atoms with E-state index in [2.05, 4.69) is 10.3 Å². The van der Waals surface area contributed by atoms with Crippen molar-refractivity contribution in [3.8, 4) is 0 Å². The number of nitrogens with zero attached hydrogens (tertiary/aromatic N) is 1. The minimum atomic E-state index is -0.164. The summed E-state index contributed by atoms with van der Waals surface area (Å²) < 4.78 is 0. The lowest BCUT2D eigenvalue weighted by Crippen LogP contribution is -2.07. The molecule has 0 bridgehead atoms. The largest absolute Gasteiger partial charge is 0.298 e. The van der Waals surface area contributed by atoms with Crippen molar-refractivity contribution in [2.75, 3.05) is 5.32 Å². The maximum Gasteiger partial charge on any atom is 0.250 e. The van der Waals surface area contributed by atoms with Crippen molar-refractivity contribution < 1.29 is 4.79 Å². The molecule has 4 heteroatoms. The topological polar surface area (TPSA) is 42.0 Å². The smallest absolute Gasteiger partial charge is 0.250 e. The number of hydrogen-bond donors (Lipinski definition) is 1. The van der Waals surface area contributed by atoms with Gasteiger partial charge in [0.15, 0.2) is 5.13 Å². The van der Waals surface area contributed by atoms with E-state index in [1.807, 2.05) is 42.6 Å². The van der Waals surface area contributed by atoms with E-state index in [9.17, 15) is 4.79 Å². The van der Waals surface area contributed by atoms with Crippen LogP contribution in [0, 0.1) is 6.92 Å². The molecule has 0 saturated heterocycles. The first-order valence-corrected chi connectivity index (χ1v) is 6.08. The number of amides is 1. The molecule has 1 amide bonds. The van der Waals surface area contributed by atoms with Crippen molar-refractivity contribution in [2.24, 2.45) is 0 Å². The molecule has 1 heterocycles. The summed E-state index contributed by atoms with van der Waals surface area (Å²) in [6.07, 6.45) is 3.28. The van der Waals surface area contributed by atoms with Gasteiger partial charge < -0.3 is 0 Å². The van der Waals surface area contributed by atoms with Crippen LogP contribution in [0.3, 0.4) is 0 Å². The molecule has 17 heavy (non-hydrogen) atoms. The monoisotopic (exact) mass is 244 g/mol. The van der Waals surface area contributed by atoms with Gasteiger partial charge in [-0.1, -0.05) is 30.3 Å². The molecule has 0 spiro atoms. The lowest BCUT2D eigenvalue weighted by atomic mass is 10.2. The van der Waals surface area contributed by atoms with Crippen LogP contribution in [-0.2, 0) is 4.79 Å². The van der Waals surface area contributed by atoms with Crippen molar-refractivity contribution in [3.63, 3.8) is 0 Å². The van der Waals surface area contributed by atoms with Crippen LogP contribution in [0.4, 0.5) is 5.13 Å². The summed E-state index contributed by atoms with van der Waals surface area (Å²) in [7, 11) is 0. The van der Waals surface area contributed by atoms with Gasteiger partial charge in [0.1, 0.15) is 0 Å². The zero-order valence-electron chi connectivity index (χ0n) is 9.38. The Morgan fingerprint density at radius 1 is 1.35 bits per heavy atom. The zero-order valence-corrected chi connectivity index (χ0v) is 10.2. The molecule has 0 saturated carbocycles. The predicted molar refractivity (Wildman–Crippen MR) is 71.0 cm³/mol. The van der Waals surface area contributed by atoms with Crippen LogP contribution in [-0.4, -0.2) is 10.9 Å². The quantitative estimate of drug-likeness (QED) is 0.843. The number of nitrogens with one attached hydrogen (secondary N) is 1. The van der Waals surface area contributed by atoms with Crippen LogP contribution in [0.25, 0.3) is 6.08 Å². The van der Waals surface area contributed by atoms with E-state index in [0.29, 0.717) is 5.13 Å². The molecule has 0 radical (unpaired) electrons. The van der Waals surface area contributed by atoms with E-state index in [1.54, 1.807) is 6.08 Å². The van der Waals surface area contributed by atoms with Gasteiger partial charge in [0.25, 0.3) is 0 Å². The molecule has 0 atom stereocenters.